The van der Waals surface area contributed by atoms with Crippen LogP contribution in [0.5, 0.6) is 0 Å². The Kier molecular flexibility index (Phi) is 4.61. The zero-order valence-corrected chi connectivity index (χ0v) is 12.8. The molecule has 1 aliphatic rings. The normalized spacial score (nSPS) is 23.9. The molecule has 0 amide bonds. The van der Waals surface area contributed by atoms with Gasteiger partial charge in [0.2, 0.25) is 0 Å². The Morgan fingerprint density at radius 1 is 1.47 bits per heavy atom. The summed E-state index contributed by atoms with van der Waals surface area (Å²) in [6.07, 6.45) is 0.0417. The van der Waals surface area contributed by atoms with Crippen LogP contribution in [-0.4, -0.2) is 47.2 Å². The van der Waals surface area contributed by atoms with Crippen LogP contribution in [0, 0.1) is 0 Å². The average molecular weight is 271 g/mol. The molecule has 0 radical (unpaired) electrons. The highest BCUT2D eigenvalue weighted by Crippen LogP contribution is 2.24. The molecule has 0 spiro atoms. The summed E-state index contributed by atoms with van der Waals surface area (Å²) in [4.78, 5) is 25.8. The number of rotatable bonds is 3. The highest BCUT2D eigenvalue weighted by Gasteiger charge is 2.41. The van der Waals surface area contributed by atoms with Crippen molar-refractivity contribution in [2.45, 2.75) is 65.2 Å². The summed E-state index contributed by atoms with van der Waals surface area (Å²) in [5, 5.41) is 0. The summed E-state index contributed by atoms with van der Waals surface area (Å²) < 4.78 is 10.6. The number of morpholine rings is 1. The van der Waals surface area contributed by atoms with Crippen LogP contribution < -0.4 is 0 Å². The Morgan fingerprint density at radius 2 is 2.05 bits per heavy atom. The molecule has 1 unspecified atom stereocenters. The lowest BCUT2D eigenvalue weighted by Gasteiger charge is -2.41. The smallest absolute Gasteiger partial charge is 0.324 e. The van der Waals surface area contributed by atoms with Gasteiger partial charge < -0.3 is 9.47 Å². The van der Waals surface area contributed by atoms with E-state index in [1.807, 2.05) is 46.4 Å². The van der Waals surface area contributed by atoms with Crippen molar-refractivity contribution in [2.75, 3.05) is 13.1 Å². The lowest BCUT2D eigenvalue weighted by atomic mass is 10.0. The maximum Gasteiger partial charge on any atom is 0.324 e. The topological polar surface area (TPSA) is 55.8 Å². The first-order valence-corrected chi connectivity index (χ1v) is 6.73. The van der Waals surface area contributed by atoms with Crippen molar-refractivity contribution >= 4 is 11.9 Å². The molecule has 5 nitrogen and oxygen atoms in total. The number of esters is 2. The summed E-state index contributed by atoms with van der Waals surface area (Å²) in [6.45, 7) is 12.5. The molecule has 1 fully saturated rings. The molecule has 19 heavy (non-hydrogen) atoms. The van der Waals surface area contributed by atoms with Crippen LogP contribution >= 0.6 is 0 Å². The van der Waals surface area contributed by atoms with E-state index >= 15 is 0 Å². The van der Waals surface area contributed by atoms with E-state index in [-0.39, 0.29) is 18.4 Å². The Hall–Kier alpha value is -1.10. The summed E-state index contributed by atoms with van der Waals surface area (Å²) in [7, 11) is 0. The van der Waals surface area contributed by atoms with Crippen LogP contribution in [0.15, 0.2) is 0 Å². The monoisotopic (exact) mass is 271 g/mol. The predicted molar refractivity (Wildman–Crippen MR) is 71.7 cm³/mol. The minimum absolute atomic E-state index is 0.0417. The molecule has 1 atom stereocenters. The van der Waals surface area contributed by atoms with E-state index in [9.17, 15) is 9.59 Å². The van der Waals surface area contributed by atoms with Gasteiger partial charge >= 0.3 is 11.9 Å². The highest BCUT2D eigenvalue weighted by atomic mass is 16.6. The second-order valence-electron chi connectivity index (χ2n) is 6.55. The van der Waals surface area contributed by atoms with Crippen LogP contribution in [0.25, 0.3) is 0 Å². The molecule has 0 saturated carbocycles. The molecule has 1 saturated heterocycles. The van der Waals surface area contributed by atoms with Crippen molar-refractivity contribution in [3.8, 4) is 0 Å². The first-order valence-electron chi connectivity index (χ1n) is 6.73. The van der Waals surface area contributed by atoms with E-state index in [1.54, 1.807) is 0 Å². The SMILES string of the molecule is CCN1CC(C)(C)OC(=O)C1CC(=O)OC(C)(C)C. The minimum Gasteiger partial charge on any atom is -0.460 e. The molecule has 0 aromatic rings. The summed E-state index contributed by atoms with van der Waals surface area (Å²) >= 11 is 0. The van der Waals surface area contributed by atoms with Gasteiger partial charge in [-0.3, -0.25) is 14.5 Å². The summed E-state index contributed by atoms with van der Waals surface area (Å²) in [5.74, 6) is -0.712. The number of hydrogen-bond donors (Lipinski definition) is 0. The average Bonchev–Trinajstić information content (AvgIpc) is 2.18. The maximum atomic E-state index is 12.0. The molecule has 1 heterocycles. The minimum atomic E-state index is -0.536. The molecule has 0 bridgehead atoms. The molecule has 5 heteroatoms. The zero-order valence-electron chi connectivity index (χ0n) is 12.8. The molecule has 1 rings (SSSR count). The van der Waals surface area contributed by atoms with Crippen LogP contribution in [0.2, 0.25) is 0 Å². The van der Waals surface area contributed by atoms with E-state index < -0.39 is 17.2 Å². The van der Waals surface area contributed by atoms with Gasteiger partial charge in [-0.05, 0) is 41.2 Å². The lowest BCUT2D eigenvalue weighted by Crippen LogP contribution is -2.57. The molecule has 0 aromatic carbocycles. The third-order valence-electron chi connectivity index (χ3n) is 2.86. The van der Waals surface area contributed by atoms with E-state index in [4.69, 9.17) is 9.47 Å². The number of hydrogen-bond acceptors (Lipinski definition) is 5. The van der Waals surface area contributed by atoms with Gasteiger partial charge in [-0.2, -0.15) is 0 Å². The van der Waals surface area contributed by atoms with Crippen molar-refractivity contribution in [3.05, 3.63) is 0 Å². The van der Waals surface area contributed by atoms with Gasteiger partial charge in [0, 0.05) is 6.54 Å². The quantitative estimate of drug-likeness (QED) is 0.732. The molecule has 0 N–H and O–H groups in total. The number of carbonyl (C=O) groups excluding carboxylic acids is 2. The zero-order chi connectivity index (χ0) is 14.8. The van der Waals surface area contributed by atoms with Crippen molar-refractivity contribution in [2.24, 2.45) is 0 Å². The molecular formula is C14H25NO4. The van der Waals surface area contributed by atoms with E-state index in [0.717, 1.165) is 0 Å². The van der Waals surface area contributed by atoms with Crippen molar-refractivity contribution in [3.63, 3.8) is 0 Å². The fourth-order valence-corrected chi connectivity index (χ4v) is 2.21. The fraction of sp³-hybridized carbons (Fsp3) is 0.857. The predicted octanol–water partition coefficient (Wildman–Crippen LogP) is 1.74. The summed E-state index contributed by atoms with van der Waals surface area (Å²) in [6, 6.07) is -0.534. The van der Waals surface area contributed by atoms with Crippen molar-refractivity contribution in [1.29, 1.82) is 0 Å². The second-order valence-corrected chi connectivity index (χ2v) is 6.55. The van der Waals surface area contributed by atoms with Crippen LogP contribution in [0.1, 0.15) is 48.0 Å². The third-order valence-corrected chi connectivity index (χ3v) is 2.86. The van der Waals surface area contributed by atoms with Crippen LogP contribution in [0.3, 0.4) is 0 Å². The first kappa shape index (κ1) is 16.0. The molecule has 0 aliphatic carbocycles. The molecule has 110 valence electrons. The standard InChI is InChI=1S/C14H25NO4/c1-7-15-9-14(5,6)19-12(17)10(15)8-11(16)18-13(2,3)4/h10H,7-9H2,1-6H3. The second kappa shape index (κ2) is 5.49. The van der Waals surface area contributed by atoms with Gasteiger partial charge in [0.15, 0.2) is 0 Å². The van der Waals surface area contributed by atoms with Gasteiger partial charge in [-0.1, -0.05) is 6.92 Å². The summed E-state index contributed by atoms with van der Waals surface area (Å²) in [5.41, 5.74) is -1.04. The number of carbonyl (C=O) groups is 2. The number of nitrogens with zero attached hydrogens (tertiary/aromatic N) is 1. The maximum absolute atomic E-state index is 12.0. The van der Waals surface area contributed by atoms with Gasteiger partial charge in [0.05, 0.1) is 6.42 Å². The number of cyclic esters (lactones) is 1. The number of likely N-dealkylation sites (N-methyl/N-ethyl adjacent to an activating group) is 1. The Balaban J connectivity index is 2.71. The van der Waals surface area contributed by atoms with E-state index in [2.05, 4.69) is 0 Å². The van der Waals surface area contributed by atoms with E-state index in [1.165, 1.54) is 0 Å². The van der Waals surface area contributed by atoms with Gasteiger partial charge in [-0.25, -0.2) is 0 Å². The number of ether oxygens (including phenoxy) is 2. The molecule has 0 aromatic heterocycles. The highest BCUT2D eigenvalue weighted by molar-refractivity contribution is 5.83. The van der Waals surface area contributed by atoms with Gasteiger partial charge in [0.25, 0.3) is 0 Å². The lowest BCUT2D eigenvalue weighted by molar-refractivity contribution is -0.182. The van der Waals surface area contributed by atoms with Gasteiger partial charge in [-0.15, -0.1) is 0 Å². The van der Waals surface area contributed by atoms with Crippen LogP contribution in [0.4, 0.5) is 0 Å². The Labute approximate surface area is 115 Å². The van der Waals surface area contributed by atoms with Crippen molar-refractivity contribution in [1.82, 2.24) is 4.90 Å². The van der Waals surface area contributed by atoms with Crippen molar-refractivity contribution < 1.29 is 19.1 Å². The van der Waals surface area contributed by atoms with Gasteiger partial charge in [0.1, 0.15) is 17.2 Å². The largest absolute Gasteiger partial charge is 0.460 e. The first-order chi connectivity index (χ1) is 8.54. The van der Waals surface area contributed by atoms with E-state index in [0.29, 0.717) is 13.1 Å². The molecule has 1 aliphatic heterocycles. The fourth-order valence-electron chi connectivity index (χ4n) is 2.21. The van der Waals surface area contributed by atoms with Crippen LogP contribution in [-0.2, 0) is 19.1 Å². The Morgan fingerprint density at radius 3 is 2.53 bits per heavy atom. The Bertz CT molecular complexity index is 357. The molecular weight excluding hydrogens is 246 g/mol. The third kappa shape index (κ3) is 4.82.